The van der Waals surface area contributed by atoms with Crippen LogP contribution in [0.3, 0.4) is 0 Å². The van der Waals surface area contributed by atoms with Crippen molar-refractivity contribution in [1.82, 2.24) is 0 Å². The second-order valence-corrected chi connectivity index (χ2v) is 8.23. The van der Waals surface area contributed by atoms with Crippen LogP contribution in [-0.4, -0.2) is 5.11 Å². The van der Waals surface area contributed by atoms with E-state index in [4.69, 9.17) is 11.6 Å². The molecule has 0 saturated carbocycles. The van der Waals surface area contributed by atoms with Crippen molar-refractivity contribution in [3.63, 3.8) is 0 Å². The van der Waals surface area contributed by atoms with Gasteiger partial charge in [-0.1, -0.05) is 85.6 Å². The Morgan fingerprint density at radius 2 is 1.34 bits per heavy atom. The molecule has 0 fully saturated rings. The van der Waals surface area contributed by atoms with E-state index < -0.39 is 6.10 Å². The third-order valence-electron chi connectivity index (χ3n) is 6.07. The van der Waals surface area contributed by atoms with E-state index in [0.717, 1.165) is 29.5 Å². The molecular formula is C27H23ClO. The maximum Gasteiger partial charge on any atom is 0.105 e. The summed E-state index contributed by atoms with van der Waals surface area (Å²) in [7, 11) is 0. The SMILES string of the molecule is CCCCC1=C2C(=C(C(O)c3ccc(Cl)cc3)c3ccccc32)c2ccccc21. The summed E-state index contributed by atoms with van der Waals surface area (Å²) in [6.45, 7) is 2.24. The Morgan fingerprint density at radius 3 is 2.00 bits per heavy atom. The minimum absolute atomic E-state index is 0.680. The van der Waals surface area contributed by atoms with Crippen LogP contribution in [0.2, 0.25) is 5.02 Å². The number of halogens is 1. The fraction of sp³-hybridized carbons (Fsp3) is 0.185. The zero-order valence-corrected chi connectivity index (χ0v) is 17.2. The molecule has 1 nitrogen and oxygen atoms in total. The first-order valence-corrected chi connectivity index (χ1v) is 10.7. The van der Waals surface area contributed by atoms with E-state index in [1.807, 2.05) is 24.3 Å². The highest BCUT2D eigenvalue weighted by atomic mass is 35.5. The van der Waals surface area contributed by atoms with Gasteiger partial charge in [-0.2, -0.15) is 0 Å². The number of fused-ring (bicyclic) bond motifs is 5. The average molecular weight is 399 g/mol. The topological polar surface area (TPSA) is 20.2 Å². The Labute approximate surface area is 177 Å². The third kappa shape index (κ3) is 2.88. The lowest BCUT2D eigenvalue weighted by molar-refractivity contribution is 0.239. The number of unbranched alkanes of at least 4 members (excludes halogenated alkanes) is 1. The molecule has 0 aliphatic heterocycles. The summed E-state index contributed by atoms with van der Waals surface area (Å²) in [5.41, 5.74) is 10.8. The first-order chi connectivity index (χ1) is 14.2. The molecule has 0 aromatic heterocycles. The summed E-state index contributed by atoms with van der Waals surface area (Å²) in [6.07, 6.45) is 2.70. The molecule has 0 heterocycles. The van der Waals surface area contributed by atoms with E-state index in [0.29, 0.717) is 5.02 Å². The molecule has 29 heavy (non-hydrogen) atoms. The van der Waals surface area contributed by atoms with Crippen molar-refractivity contribution >= 4 is 33.9 Å². The molecule has 1 atom stereocenters. The minimum atomic E-state index is -0.695. The number of allylic oxidation sites excluding steroid dienone is 3. The van der Waals surface area contributed by atoms with Gasteiger partial charge in [0.25, 0.3) is 0 Å². The predicted octanol–water partition coefficient (Wildman–Crippen LogP) is 7.41. The van der Waals surface area contributed by atoms with Gasteiger partial charge in [-0.05, 0) is 69.5 Å². The maximum absolute atomic E-state index is 11.5. The second-order valence-electron chi connectivity index (χ2n) is 7.79. The predicted molar refractivity (Wildman–Crippen MR) is 122 cm³/mol. The number of rotatable bonds is 5. The van der Waals surface area contributed by atoms with Crippen molar-refractivity contribution in [2.75, 3.05) is 0 Å². The van der Waals surface area contributed by atoms with Gasteiger partial charge in [-0.3, -0.25) is 0 Å². The van der Waals surface area contributed by atoms with E-state index >= 15 is 0 Å². The summed E-state index contributed by atoms with van der Waals surface area (Å²) in [6, 6.07) is 24.7. The molecular weight excluding hydrogens is 376 g/mol. The van der Waals surface area contributed by atoms with Crippen LogP contribution < -0.4 is 0 Å². The molecule has 5 rings (SSSR count). The largest absolute Gasteiger partial charge is 0.384 e. The minimum Gasteiger partial charge on any atom is -0.384 e. The van der Waals surface area contributed by atoms with Crippen LogP contribution in [-0.2, 0) is 0 Å². The van der Waals surface area contributed by atoms with E-state index in [-0.39, 0.29) is 0 Å². The van der Waals surface area contributed by atoms with Gasteiger partial charge in [0.15, 0.2) is 0 Å². The summed E-state index contributed by atoms with van der Waals surface area (Å²) < 4.78 is 0. The molecule has 2 aliphatic carbocycles. The number of hydrogen-bond donors (Lipinski definition) is 1. The molecule has 144 valence electrons. The Hall–Kier alpha value is -2.61. The van der Waals surface area contributed by atoms with Gasteiger partial charge in [-0.15, -0.1) is 0 Å². The van der Waals surface area contributed by atoms with Gasteiger partial charge in [0.1, 0.15) is 6.10 Å². The fourth-order valence-electron chi connectivity index (χ4n) is 4.74. The molecule has 0 saturated heterocycles. The van der Waals surface area contributed by atoms with Crippen molar-refractivity contribution in [2.45, 2.75) is 32.3 Å². The Bertz CT molecular complexity index is 1150. The first-order valence-electron chi connectivity index (χ1n) is 10.3. The van der Waals surface area contributed by atoms with Crippen LogP contribution in [0.25, 0.3) is 22.3 Å². The molecule has 0 bridgehead atoms. The molecule has 3 aromatic rings. The van der Waals surface area contributed by atoms with Crippen LogP contribution in [0.5, 0.6) is 0 Å². The molecule has 2 heteroatoms. The third-order valence-corrected chi connectivity index (χ3v) is 6.32. The molecule has 0 amide bonds. The first kappa shape index (κ1) is 18.4. The van der Waals surface area contributed by atoms with Crippen molar-refractivity contribution in [2.24, 2.45) is 0 Å². The van der Waals surface area contributed by atoms with Crippen molar-refractivity contribution < 1.29 is 5.11 Å². The van der Waals surface area contributed by atoms with E-state index in [9.17, 15) is 5.11 Å². The standard InChI is InChI=1S/C27H23ClO/c1-2-3-8-20-19-9-4-5-10-21(19)25-24(20)22-11-6-7-12-23(22)26(25)27(29)17-13-15-18(28)16-14-17/h4-7,9-16,27,29H,2-3,8H2,1H3. The lowest BCUT2D eigenvalue weighted by Crippen LogP contribution is -2.01. The van der Waals surface area contributed by atoms with Crippen molar-refractivity contribution in [3.05, 3.63) is 106 Å². The van der Waals surface area contributed by atoms with E-state index in [2.05, 4.69) is 55.5 Å². The molecule has 0 radical (unpaired) electrons. The highest BCUT2D eigenvalue weighted by Gasteiger charge is 2.38. The van der Waals surface area contributed by atoms with Gasteiger partial charge >= 0.3 is 0 Å². The normalized spacial score (nSPS) is 15.4. The van der Waals surface area contributed by atoms with Gasteiger partial charge in [0, 0.05) is 10.6 Å². The molecule has 0 spiro atoms. The fourth-order valence-corrected chi connectivity index (χ4v) is 4.87. The van der Waals surface area contributed by atoms with Gasteiger partial charge in [0.05, 0.1) is 0 Å². The lowest BCUT2D eigenvalue weighted by Gasteiger charge is -2.17. The molecule has 3 aromatic carbocycles. The number of hydrogen-bond acceptors (Lipinski definition) is 1. The zero-order chi connectivity index (χ0) is 20.0. The zero-order valence-electron chi connectivity index (χ0n) is 16.5. The van der Waals surface area contributed by atoms with Crippen LogP contribution in [0, 0.1) is 0 Å². The van der Waals surface area contributed by atoms with Crippen molar-refractivity contribution in [3.8, 4) is 0 Å². The van der Waals surface area contributed by atoms with E-state index in [1.54, 1.807) is 0 Å². The number of aliphatic hydroxyl groups excluding tert-OH is 1. The van der Waals surface area contributed by atoms with Crippen LogP contribution in [0.15, 0.2) is 72.8 Å². The number of aliphatic hydroxyl groups is 1. The number of benzene rings is 3. The van der Waals surface area contributed by atoms with E-state index in [1.165, 1.54) is 39.8 Å². The summed E-state index contributed by atoms with van der Waals surface area (Å²) in [5.74, 6) is 0. The average Bonchev–Trinajstić information content (AvgIpc) is 3.25. The van der Waals surface area contributed by atoms with Crippen LogP contribution in [0.4, 0.5) is 0 Å². The van der Waals surface area contributed by atoms with Gasteiger partial charge in [-0.25, -0.2) is 0 Å². The lowest BCUT2D eigenvalue weighted by atomic mass is 9.91. The van der Waals surface area contributed by atoms with Gasteiger partial charge in [0.2, 0.25) is 0 Å². The quantitative estimate of drug-likeness (QED) is 0.474. The smallest absolute Gasteiger partial charge is 0.105 e. The summed E-state index contributed by atoms with van der Waals surface area (Å²) >= 11 is 6.08. The molecule has 1 unspecified atom stereocenters. The monoisotopic (exact) mass is 398 g/mol. The van der Waals surface area contributed by atoms with Crippen LogP contribution in [0.1, 0.15) is 60.1 Å². The Morgan fingerprint density at radius 1 is 0.759 bits per heavy atom. The van der Waals surface area contributed by atoms with Crippen molar-refractivity contribution in [1.29, 1.82) is 0 Å². The Kier molecular flexibility index (Phi) is 4.66. The molecule has 1 N–H and O–H groups in total. The summed E-state index contributed by atoms with van der Waals surface area (Å²) in [4.78, 5) is 0. The second kappa shape index (κ2) is 7.33. The van der Waals surface area contributed by atoms with Gasteiger partial charge < -0.3 is 5.11 Å². The Balaban J connectivity index is 1.78. The summed E-state index contributed by atoms with van der Waals surface area (Å²) in [5, 5.41) is 12.1. The highest BCUT2D eigenvalue weighted by molar-refractivity contribution is 6.32. The maximum atomic E-state index is 11.5. The molecule has 2 aliphatic rings. The van der Waals surface area contributed by atoms with Crippen LogP contribution >= 0.6 is 11.6 Å². The highest BCUT2D eigenvalue weighted by Crippen LogP contribution is 2.58.